The van der Waals surface area contributed by atoms with E-state index in [2.05, 4.69) is 24.1 Å². The highest BCUT2D eigenvalue weighted by molar-refractivity contribution is 5.90. The number of methoxy groups -OCH3 is 1. The zero-order valence-corrected chi connectivity index (χ0v) is 15.8. The number of benzene rings is 2. The lowest BCUT2D eigenvalue weighted by Crippen LogP contribution is -2.21. The van der Waals surface area contributed by atoms with Crippen LogP contribution in [0.2, 0.25) is 0 Å². The van der Waals surface area contributed by atoms with Crippen molar-refractivity contribution >= 4 is 17.3 Å². The van der Waals surface area contributed by atoms with Crippen LogP contribution >= 0.6 is 0 Å². The molecule has 0 aliphatic rings. The van der Waals surface area contributed by atoms with Gasteiger partial charge in [0.1, 0.15) is 11.5 Å². The Bertz CT molecular complexity index is 665. The molecule has 2 aromatic carbocycles. The Kier molecular flexibility index (Phi) is 7.80. The van der Waals surface area contributed by atoms with Gasteiger partial charge in [0.05, 0.1) is 13.7 Å². The minimum absolute atomic E-state index is 0.001000. The molecule has 0 atom stereocenters. The van der Waals surface area contributed by atoms with Crippen LogP contribution in [0.3, 0.4) is 0 Å². The SMILES string of the molecule is CCN(CC)c1ccc(NC(=O)CCCOc2ccc(OC)cc2)cc1. The fourth-order valence-corrected chi connectivity index (χ4v) is 2.66. The minimum atomic E-state index is -0.001000. The molecule has 2 aromatic rings. The largest absolute Gasteiger partial charge is 0.497 e. The summed E-state index contributed by atoms with van der Waals surface area (Å²) in [6.45, 7) is 6.70. The zero-order chi connectivity index (χ0) is 18.8. The van der Waals surface area contributed by atoms with Crippen LogP contribution in [0.1, 0.15) is 26.7 Å². The third kappa shape index (κ3) is 5.99. The molecule has 1 N–H and O–H groups in total. The fourth-order valence-electron chi connectivity index (χ4n) is 2.66. The average molecular weight is 356 g/mol. The maximum atomic E-state index is 12.0. The minimum Gasteiger partial charge on any atom is -0.497 e. The second-order valence-corrected chi connectivity index (χ2v) is 5.89. The van der Waals surface area contributed by atoms with Gasteiger partial charge in [0.25, 0.3) is 0 Å². The van der Waals surface area contributed by atoms with Crippen molar-refractivity contribution in [3.63, 3.8) is 0 Å². The third-order valence-electron chi connectivity index (χ3n) is 4.16. The molecule has 5 heteroatoms. The van der Waals surface area contributed by atoms with Crippen LogP contribution in [0.4, 0.5) is 11.4 Å². The standard InChI is InChI=1S/C21H28N2O3/c1-4-23(5-2)18-10-8-17(9-11-18)22-21(24)7-6-16-26-20-14-12-19(25-3)13-15-20/h8-15H,4-7,16H2,1-3H3,(H,22,24). The lowest BCUT2D eigenvalue weighted by molar-refractivity contribution is -0.116. The van der Waals surface area contributed by atoms with Gasteiger partial charge in [-0.1, -0.05) is 0 Å². The molecule has 5 nitrogen and oxygen atoms in total. The first-order valence-electron chi connectivity index (χ1n) is 9.08. The van der Waals surface area contributed by atoms with Crippen molar-refractivity contribution in [1.29, 1.82) is 0 Å². The Hall–Kier alpha value is -2.69. The third-order valence-corrected chi connectivity index (χ3v) is 4.16. The molecule has 0 spiro atoms. The van der Waals surface area contributed by atoms with Crippen LogP contribution in [0.15, 0.2) is 48.5 Å². The van der Waals surface area contributed by atoms with Crippen LogP contribution in [0.5, 0.6) is 11.5 Å². The molecule has 26 heavy (non-hydrogen) atoms. The van der Waals surface area contributed by atoms with E-state index in [-0.39, 0.29) is 5.91 Å². The van der Waals surface area contributed by atoms with Gasteiger partial charge in [-0.15, -0.1) is 0 Å². The van der Waals surface area contributed by atoms with E-state index in [1.165, 1.54) is 5.69 Å². The summed E-state index contributed by atoms with van der Waals surface area (Å²) in [4.78, 5) is 14.3. The molecule has 0 fully saturated rings. The van der Waals surface area contributed by atoms with E-state index < -0.39 is 0 Å². The van der Waals surface area contributed by atoms with Crippen LogP contribution in [-0.2, 0) is 4.79 Å². The number of hydrogen-bond acceptors (Lipinski definition) is 4. The first kappa shape index (κ1) is 19.6. The van der Waals surface area contributed by atoms with Gasteiger partial charge >= 0.3 is 0 Å². The molecule has 0 saturated carbocycles. The summed E-state index contributed by atoms with van der Waals surface area (Å²) in [6.07, 6.45) is 1.09. The summed E-state index contributed by atoms with van der Waals surface area (Å²) in [7, 11) is 1.63. The van der Waals surface area contributed by atoms with Crippen molar-refractivity contribution in [2.75, 3.05) is 37.0 Å². The number of amides is 1. The van der Waals surface area contributed by atoms with Gasteiger partial charge in [-0.2, -0.15) is 0 Å². The number of carbonyl (C=O) groups is 1. The molecular weight excluding hydrogens is 328 g/mol. The molecule has 0 unspecified atom stereocenters. The number of nitrogens with one attached hydrogen (secondary N) is 1. The molecular formula is C21H28N2O3. The Labute approximate surface area is 155 Å². The van der Waals surface area contributed by atoms with Gasteiger partial charge in [0.2, 0.25) is 5.91 Å². The molecule has 0 aliphatic heterocycles. The summed E-state index contributed by atoms with van der Waals surface area (Å²) in [5, 5.41) is 2.93. The highest BCUT2D eigenvalue weighted by Crippen LogP contribution is 2.19. The van der Waals surface area contributed by atoms with Gasteiger partial charge in [-0.3, -0.25) is 4.79 Å². The molecule has 140 valence electrons. The Morgan fingerprint density at radius 1 is 0.962 bits per heavy atom. The van der Waals surface area contributed by atoms with Gasteiger partial charge in [0, 0.05) is 30.9 Å². The number of hydrogen-bond donors (Lipinski definition) is 1. The van der Waals surface area contributed by atoms with Crippen molar-refractivity contribution in [1.82, 2.24) is 0 Å². The zero-order valence-electron chi connectivity index (χ0n) is 15.8. The lowest BCUT2D eigenvalue weighted by atomic mass is 10.2. The van der Waals surface area contributed by atoms with E-state index in [0.717, 1.165) is 30.3 Å². The summed E-state index contributed by atoms with van der Waals surface area (Å²) in [6, 6.07) is 15.4. The quantitative estimate of drug-likeness (QED) is 0.644. The van der Waals surface area contributed by atoms with Crippen molar-refractivity contribution in [3.8, 4) is 11.5 Å². The van der Waals surface area contributed by atoms with Gasteiger partial charge in [-0.25, -0.2) is 0 Å². The molecule has 0 heterocycles. The van der Waals surface area contributed by atoms with E-state index in [1.54, 1.807) is 7.11 Å². The maximum absolute atomic E-state index is 12.0. The molecule has 0 aliphatic carbocycles. The number of ether oxygens (including phenoxy) is 2. The Morgan fingerprint density at radius 2 is 1.58 bits per heavy atom. The smallest absolute Gasteiger partial charge is 0.224 e. The van der Waals surface area contributed by atoms with Crippen molar-refractivity contribution in [2.24, 2.45) is 0 Å². The molecule has 0 saturated heterocycles. The predicted molar refractivity (Wildman–Crippen MR) is 106 cm³/mol. The Morgan fingerprint density at radius 3 is 2.15 bits per heavy atom. The topological polar surface area (TPSA) is 50.8 Å². The summed E-state index contributed by atoms with van der Waals surface area (Å²) in [5.41, 5.74) is 1.99. The molecule has 0 bridgehead atoms. The second-order valence-electron chi connectivity index (χ2n) is 5.89. The predicted octanol–water partition coefficient (Wildman–Crippen LogP) is 4.34. The first-order valence-corrected chi connectivity index (χ1v) is 9.08. The fraction of sp³-hybridized carbons (Fsp3) is 0.381. The molecule has 0 radical (unpaired) electrons. The van der Waals surface area contributed by atoms with E-state index in [9.17, 15) is 4.79 Å². The van der Waals surface area contributed by atoms with E-state index in [0.29, 0.717) is 19.4 Å². The maximum Gasteiger partial charge on any atom is 0.224 e. The van der Waals surface area contributed by atoms with Crippen molar-refractivity contribution in [2.45, 2.75) is 26.7 Å². The normalized spacial score (nSPS) is 10.3. The number of nitrogens with zero attached hydrogens (tertiary/aromatic N) is 1. The Balaban J connectivity index is 1.71. The molecule has 0 aromatic heterocycles. The van der Waals surface area contributed by atoms with Crippen LogP contribution < -0.4 is 19.7 Å². The van der Waals surface area contributed by atoms with E-state index in [4.69, 9.17) is 9.47 Å². The number of anilines is 2. The van der Waals surface area contributed by atoms with Gasteiger partial charge < -0.3 is 19.7 Å². The highest BCUT2D eigenvalue weighted by Gasteiger charge is 2.05. The number of carbonyl (C=O) groups excluding carboxylic acids is 1. The van der Waals surface area contributed by atoms with Crippen LogP contribution in [0, 0.1) is 0 Å². The molecule has 1 amide bonds. The highest BCUT2D eigenvalue weighted by atomic mass is 16.5. The van der Waals surface area contributed by atoms with Crippen molar-refractivity contribution in [3.05, 3.63) is 48.5 Å². The van der Waals surface area contributed by atoms with Gasteiger partial charge in [0.15, 0.2) is 0 Å². The van der Waals surface area contributed by atoms with Crippen molar-refractivity contribution < 1.29 is 14.3 Å². The van der Waals surface area contributed by atoms with Gasteiger partial charge in [-0.05, 0) is 68.8 Å². The number of rotatable bonds is 10. The first-order chi connectivity index (χ1) is 12.7. The average Bonchev–Trinajstić information content (AvgIpc) is 2.68. The summed E-state index contributed by atoms with van der Waals surface area (Å²) < 4.78 is 10.7. The van der Waals surface area contributed by atoms with Crippen LogP contribution in [0.25, 0.3) is 0 Å². The second kappa shape index (κ2) is 10.3. The summed E-state index contributed by atoms with van der Waals surface area (Å²) in [5.74, 6) is 1.57. The monoisotopic (exact) mass is 356 g/mol. The van der Waals surface area contributed by atoms with Crippen LogP contribution in [-0.4, -0.2) is 32.7 Å². The summed E-state index contributed by atoms with van der Waals surface area (Å²) >= 11 is 0. The van der Waals surface area contributed by atoms with E-state index in [1.807, 2.05) is 48.5 Å². The molecule has 2 rings (SSSR count). The van der Waals surface area contributed by atoms with E-state index >= 15 is 0 Å². The lowest BCUT2D eigenvalue weighted by Gasteiger charge is -2.21.